The molecule has 1 fully saturated rings. The van der Waals surface area contributed by atoms with Gasteiger partial charge in [-0.25, -0.2) is 4.99 Å². The van der Waals surface area contributed by atoms with Crippen LogP contribution in [0.4, 0.5) is 0 Å². The molecule has 1 unspecified atom stereocenters. The Morgan fingerprint density at radius 1 is 1.26 bits per heavy atom. The van der Waals surface area contributed by atoms with Crippen molar-refractivity contribution in [2.75, 3.05) is 39.8 Å². The van der Waals surface area contributed by atoms with Crippen molar-refractivity contribution >= 4 is 29.9 Å². The topological polar surface area (TPSA) is 48.9 Å². The molecule has 5 nitrogen and oxygen atoms in total. The Hall–Kier alpha value is -1.02. The number of benzene rings is 1. The van der Waals surface area contributed by atoms with Crippen molar-refractivity contribution < 1.29 is 4.74 Å². The highest BCUT2D eigenvalue weighted by molar-refractivity contribution is 14.0. The van der Waals surface area contributed by atoms with Crippen molar-refractivity contribution in [3.8, 4) is 5.75 Å². The number of hydrogen-bond donors (Lipinski definition) is 2. The lowest BCUT2D eigenvalue weighted by molar-refractivity contribution is 0.159. The van der Waals surface area contributed by atoms with Gasteiger partial charge < -0.3 is 20.3 Å². The molecule has 1 saturated heterocycles. The molecule has 1 aromatic rings. The molecule has 1 heterocycles. The van der Waals surface area contributed by atoms with Gasteiger partial charge in [0.05, 0.1) is 13.7 Å². The van der Waals surface area contributed by atoms with Crippen LogP contribution < -0.4 is 15.4 Å². The molecule has 0 aliphatic carbocycles. The summed E-state index contributed by atoms with van der Waals surface area (Å²) in [5, 5.41) is 6.90. The first-order chi connectivity index (χ1) is 12.6. The van der Waals surface area contributed by atoms with Crippen molar-refractivity contribution in [1.29, 1.82) is 0 Å². The van der Waals surface area contributed by atoms with Gasteiger partial charge in [-0.3, -0.25) is 0 Å². The van der Waals surface area contributed by atoms with Gasteiger partial charge in [-0.05, 0) is 55.8 Å². The zero-order valence-corrected chi connectivity index (χ0v) is 19.7. The number of piperidine rings is 1. The van der Waals surface area contributed by atoms with Crippen molar-refractivity contribution in [1.82, 2.24) is 15.5 Å². The molecule has 154 valence electrons. The maximum Gasteiger partial charge on any atom is 0.191 e. The lowest BCUT2D eigenvalue weighted by atomic mass is 9.97. The summed E-state index contributed by atoms with van der Waals surface area (Å²) in [4.78, 5) is 7.34. The van der Waals surface area contributed by atoms with Gasteiger partial charge in [0.15, 0.2) is 5.96 Å². The van der Waals surface area contributed by atoms with Gasteiger partial charge in [-0.15, -0.1) is 24.0 Å². The Kier molecular flexibility index (Phi) is 11.7. The summed E-state index contributed by atoms with van der Waals surface area (Å²) in [5.41, 5.74) is 1.18. The highest BCUT2D eigenvalue weighted by Crippen LogP contribution is 2.17. The third-order valence-corrected chi connectivity index (χ3v) is 4.71. The van der Waals surface area contributed by atoms with E-state index in [0.717, 1.165) is 30.7 Å². The van der Waals surface area contributed by atoms with Gasteiger partial charge in [0.25, 0.3) is 0 Å². The summed E-state index contributed by atoms with van der Waals surface area (Å²) in [6, 6.07) is 8.10. The first kappa shape index (κ1) is 24.0. The molecule has 0 radical (unpaired) electrons. The predicted molar refractivity (Wildman–Crippen MR) is 125 cm³/mol. The Labute approximate surface area is 182 Å². The molecule has 1 aromatic carbocycles. The summed E-state index contributed by atoms with van der Waals surface area (Å²) in [5.74, 6) is 3.23. The molecule has 0 bridgehead atoms. The monoisotopic (exact) mass is 488 g/mol. The fraction of sp³-hybridized carbons (Fsp3) is 0.667. The lowest BCUT2D eigenvalue weighted by Crippen LogP contribution is -2.45. The standard InChI is InChI=1S/C21H36N4O.HI/c1-5-22-21(23-13-18-8-10-20(26-4)11-9-18)24-14-19-7-6-12-25(16-19)15-17(2)3;/h8-11,17,19H,5-7,12-16H2,1-4H3,(H2,22,23,24);1H. The SMILES string of the molecule is CCNC(=NCc1ccc(OC)cc1)NCC1CCCN(CC(C)C)C1.I. The Balaban J connectivity index is 0.00000364. The van der Waals surface area contributed by atoms with Crippen LogP contribution in [0.3, 0.4) is 0 Å². The third kappa shape index (κ3) is 9.14. The van der Waals surface area contributed by atoms with E-state index in [2.05, 4.69) is 48.4 Å². The van der Waals surface area contributed by atoms with Crippen LogP contribution in [-0.4, -0.2) is 50.7 Å². The van der Waals surface area contributed by atoms with Crippen molar-refractivity contribution in [3.63, 3.8) is 0 Å². The number of rotatable bonds is 8. The summed E-state index contributed by atoms with van der Waals surface area (Å²) in [6.07, 6.45) is 2.61. The predicted octanol–water partition coefficient (Wildman–Crippen LogP) is 3.74. The van der Waals surface area contributed by atoms with E-state index in [9.17, 15) is 0 Å². The van der Waals surface area contributed by atoms with E-state index in [1.54, 1.807) is 7.11 Å². The zero-order valence-electron chi connectivity index (χ0n) is 17.3. The second-order valence-corrected chi connectivity index (χ2v) is 7.59. The molecule has 2 rings (SSSR count). The fourth-order valence-corrected chi connectivity index (χ4v) is 3.48. The summed E-state index contributed by atoms with van der Waals surface area (Å²) in [7, 11) is 1.69. The van der Waals surface area contributed by atoms with Crippen molar-refractivity contribution in [3.05, 3.63) is 29.8 Å². The van der Waals surface area contributed by atoms with E-state index in [1.807, 2.05) is 12.1 Å². The molecule has 1 aliphatic heterocycles. The normalized spacial score (nSPS) is 18.1. The molecular formula is C21H37IN4O. The number of ether oxygens (including phenoxy) is 1. The van der Waals surface area contributed by atoms with Crippen LogP contribution in [0.25, 0.3) is 0 Å². The van der Waals surface area contributed by atoms with Crippen LogP contribution in [0.2, 0.25) is 0 Å². The van der Waals surface area contributed by atoms with Gasteiger partial charge in [-0.2, -0.15) is 0 Å². The summed E-state index contributed by atoms with van der Waals surface area (Å²) in [6.45, 7) is 12.9. The van der Waals surface area contributed by atoms with E-state index in [0.29, 0.717) is 12.5 Å². The largest absolute Gasteiger partial charge is 0.497 e. The van der Waals surface area contributed by atoms with Crippen LogP contribution in [-0.2, 0) is 6.54 Å². The van der Waals surface area contributed by atoms with Gasteiger partial charge in [0.1, 0.15) is 5.75 Å². The fourth-order valence-electron chi connectivity index (χ4n) is 3.48. The molecule has 27 heavy (non-hydrogen) atoms. The second kappa shape index (κ2) is 13.2. The minimum Gasteiger partial charge on any atom is -0.497 e. The molecule has 0 spiro atoms. The average molecular weight is 488 g/mol. The smallest absolute Gasteiger partial charge is 0.191 e. The molecule has 2 N–H and O–H groups in total. The molecule has 0 saturated carbocycles. The molecule has 6 heteroatoms. The summed E-state index contributed by atoms with van der Waals surface area (Å²) < 4.78 is 5.21. The first-order valence-electron chi connectivity index (χ1n) is 9.98. The minimum atomic E-state index is 0. The highest BCUT2D eigenvalue weighted by Gasteiger charge is 2.20. The molecular weight excluding hydrogens is 451 g/mol. The van der Waals surface area contributed by atoms with Gasteiger partial charge in [0.2, 0.25) is 0 Å². The van der Waals surface area contributed by atoms with Gasteiger partial charge in [-0.1, -0.05) is 26.0 Å². The van der Waals surface area contributed by atoms with E-state index in [1.165, 1.54) is 38.0 Å². The van der Waals surface area contributed by atoms with Gasteiger partial charge >= 0.3 is 0 Å². The van der Waals surface area contributed by atoms with E-state index in [-0.39, 0.29) is 24.0 Å². The van der Waals surface area contributed by atoms with Crippen LogP contribution in [0.5, 0.6) is 5.75 Å². The van der Waals surface area contributed by atoms with Crippen LogP contribution in [0.15, 0.2) is 29.3 Å². The van der Waals surface area contributed by atoms with Crippen LogP contribution in [0.1, 0.15) is 39.2 Å². The number of aliphatic imine (C=N–C) groups is 1. The number of hydrogen-bond acceptors (Lipinski definition) is 3. The molecule has 1 aliphatic rings. The number of nitrogens with one attached hydrogen (secondary N) is 2. The summed E-state index contributed by atoms with van der Waals surface area (Å²) >= 11 is 0. The maximum absolute atomic E-state index is 5.21. The van der Waals surface area contributed by atoms with Crippen molar-refractivity contribution in [2.45, 2.75) is 40.2 Å². The van der Waals surface area contributed by atoms with Crippen molar-refractivity contribution in [2.24, 2.45) is 16.8 Å². The first-order valence-corrected chi connectivity index (χ1v) is 9.98. The molecule has 0 amide bonds. The maximum atomic E-state index is 5.21. The molecule has 1 atom stereocenters. The highest BCUT2D eigenvalue weighted by atomic mass is 127. The number of methoxy groups -OCH3 is 1. The van der Waals surface area contributed by atoms with E-state index in [4.69, 9.17) is 9.73 Å². The Morgan fingerprint density at radius 2 is 2.00 bits per heavy atom. The number of guanidine groups is 1. The Morgan fingerprint density at radius 3 is 2.63 bits per heavy atom. The van der Waals surface area contributed by atoms with E-state index >= 15 is 0 Å². The second-order valence-electron chi connectivity index (χ2n) is 7.59. The average Bonchev–Trinajstić information content (AvgIpc) is 2.64. The number of likely N-dealkylation sites (tertiary alicyclic amines) is 1. The quantitative estimate of drug-likeness (QED) is 0.333. The Bertz CT molecular complexity index is 548. The number of halogens is 1. The van der Waals surface area contributed by atoms with E-state index < -0.39 is 0 Å². The van der Waals surface area contributed by atoms with Gasteiger partial charge in [0, 0.05) is 26.2 Å². The third-order valence-electron chi connectivity index (χ3n) is 4.71. The molecule has 0 aromatic heterocycles. The lowest BCUT2D eigenvalue weighted by Gasteiger charge is -2.34. The minimum absolute atomic E-state index is 0. The van der Waals surface area contributed by atoms with Crippen LogP contribution in [0, 0.1) is 11.8 Å². The number of nitrogens with zero attached hydrogens (tertiary/aromatic N) is 2. The zero-order chi connectivity index (χ0) is 18.8. The van der Waals surface area contributed by atoms with Crippen LogP contribution >= 0.6 is 24.0 Å².